The Morgan fingerprint density at radius 3 is 2.49 bits per heavy atom. The molecular weight excluding hydrogens is 609 g/mol. The van der Waals surface area contributed by atoms with Crippen LogP contribution < -0.4 is 20.1 Å². The quantitative estimate of drug-likeness (QED) is 0.298. The highest BCUT2D eigenvalue weighted by molar-refractivity contribution is 9.10. The van der Waals surface area contributed by atoms with Gasteiger partial charge >= 0.3 is 0 Å². The lowest BCUT2D eigenvalue weighted by Crippen LogP contribution is -2.50. The third-order valence-corrected chi connectivity index (χ3v) is 7.24. The third-order valence-electron chi connectivity index (χ3n) is 6.15. The zero-order chi connectivity index (χ0) is 27.9. The van der Waals surface area contributed by atoms with Gasteiger partial charge in [0.2, 0.25) is 5.91 Å². The van der Waals surface area contributed by atoms with Crippen LogP contribution in [-0.4, -0.2) is 48.9 Å². The van der Waals surface area contributed by atoms with Gasteiger partial charge in [0.15, 0.2) is 18.1 Å². The van der Waals surface area contributed by atoms with Gasteiger partial charge in [0, 0.05) is 27.3 Å². The molecule has 0 aromatic heterocycles. The molecule has 1 atom stereocenters. The lowest BCUT2D eigenvalue weighted by Gasteiger charge is -2.35. The van der Waals surface area contributed by atoms with Crippen molar-refractivity contribution in [1.29, 1.82) is 0 Å². The Hall–Kier alpha value is -3.27. The summed E-state index contributed by atoms with van der Waals surface area (Å²) in [5.41, 5.74) is 1.36. The van der Waals surface area contributed by atoms with Gasteiger partial charge < -0.3 is 25.0 Å². The molecule has 1 aliphatic rings. The number of carbonyl (C=O) groups is 3. The molecule has 1 saturated heterocycles. The topological polar surface area (TPSA) is 97.0 Å². The van der Waals surface area contributed by atoms with Gasteiger partial charge in [0.05, 0.1) is 17.8 Å². The molecule has 1 unspecified atom stereocenters. The largest absolute Gasteiger partial charge is 0.493 e. The molecule has 3 aromatic rings. The third kappa shape index (κ3) is 7.44. The van der Waals surface area contributed by atoms with Crippen molar-refractivity contribution in [3.63, 3.8) is 0 Å². The average Bonchev–Trinajstić information content (AvgIpc) is 2.94. The van der Waals surface area contributed by atoms with E-state index in [0.29, 0.717) is 51.4 Å². The molecular formula is C28H26BrCl2N3O5. The predicted octanol–water partition coefficient (Wildman–Crippen LogP) is 6.42. The van der Waals surface area contributed by atoms with Gasteiger partial charge in [-0.05, 0) is 79.9 Å². The number of halogens is 3. The van der Waals surface area contributed by atoms with Crippen LogP contribution in [0.1, 0.15) is 29.6 Å². The van der Waals surface area contributed by atoms with Crippen molar-refractivity contribution in [1.82, 2.24) is 4.90 Å². The molecule has 2 N–H and O–H groups in total. The highest BCUT2D eigenvalue weighted by atomic mass is 79.9. The molecule has 3 aromatic carbocycles. The van der Waals surface area contributed by atoms with Crippen LogP contribution in [0.3, 0.4) is 0 Å². The Balaban J connectivity index is 1.43. The summed E-state index contributed by atoms with van der Waals surface area (Å²) in [5.74, 6) is -0.396. The number of hydrogen-bond donors (Lipinski definition) is 2. The van der Waals surface area contributed by atoms with E-state index in [2.05, 4.69) is 26.6 Å². The van der Waals surface area contributed by atoms with Crippen molar-refractivity contribution in [3.8, 4) is 11.5 Å². The van der Waals surface area contributed by atoms with Crippen LogP contribution in [0.4, 0.5) is 11.4 Å². The summed E-state index contributed by atoms with van der Waals surface area (Å²) in [6, 6.07) is 16.0. The van der Waals surface area contributed by atoms with Crippen molar-refractivity contribution < 1.29 is 23.9 Å². The second-order valence-corrected chi connectivity index (χ2v) is 10.6. The molecule has 39 heavy (non-hydrogen) atoms. The molecule has 204 valence electrons. The fourth-order valence-corrected chi connectivity index (χ4v) is 4.82. The Morgan fingerprint density at radius 2 is 1.74 bits per heavy atom. The summed E-state index contributed by atoms with van der Waals surface area (Å²) in [4.78, 5) is 40.5. The Bertz CT molecular complexity index is 1370. The summed E-state index contributed by atoms with van der Waals surface area (Å²) in [5, 5.41) is 6.34. The van der Waals surface area contributed by atoms with Crippen molar-refractivity contribution in [2.24, 2.45) is 0 Å². The molecule has 0 aliphatic carbocycles. The van der Waals surface area contributed by atoms with E-state index in [4.69, 9.17) is 32.7 Å². The monoisotopic (exact) mass is 633 g/mol. The van der Waals surface area contributed by atoms with Gasteiger partial charge in [-0.1, -0.05) is 39.1 Å². The average molecular weight is 635 g/mol. The Labute approximate surface area is 244 Å². The Kier molecular flexibility index (Phi) is 9.72. The van der Waals surface area contributed by atoms with Crippen LogP contribution in [0.5, 0.6) is 11.5 Å². The highest BCUT2D eigenvalue weighted by Crippen LogP contribution is 2.31. The second kappa shape index (κ2) is 13.2. The van der Waals surface area contributed by atoms with Crippen molar-refractivity contribution in [3.05, 3.63) is 80.7 Å². The maximum Gasteiger partial charge on any atom is 0.262 e. The number of amides is 3. The van der Waals surface area contributed by atoms with Crippen molar-refractivity contribution >= 4 is 68.2 Å². The smallest absolute Gasteiger partial charge is 0.262 e. The molecule has 0 radical (unpaired) electrons. The zero-order valence-corrected chi connectivity index (χ0v) is 24.1. The first kappa shape index (κ1) is 28.7. The number of likely N-dealkylation sites (tertiary alicyclic amines) is 1. The number of ether oxygens (including phenoxy) is 2. The van der Waals surface area contributed by atoms with Gasteiger partial charge in [0.25, 0.3) is 11.8 Å². The van der Waals surface area contributed by atoms with E-state index < -0.39 is 6.04 Å². The molecule has 1 heterocycles. The van der Waals surface area contributed by atoms with Gasteiger partial charge in [-0.15, -0.1) is 0 Å². The van der Waals surface area contributed by atoms with E-state index in [9.17, 15) is 14.4 Å². The van der Waals surface area contributed by atoms with Gasteiger partial charge in [-0.25, -0.2) is 0 Å². The molecule has 0 saturated carbocycles. The number of methoxy groups -OCH3 is 1. The van der Waals surface area contributed by atoms with Crippen LogP contribution in [0.2, 0.25) is 10.0 Å². The summed E-state index contributed by atoms with van der Waals surface area (Å²) < 4.78 is 12.0. The number of rotatable bonds is 8. The standard InChI is InChI=1S/C28H26BrCl2N3O5/c1-38-25-14-17(5-12-24(25)39-16-26(35)32-20-9-6-18(29)7-10-20)28(37)34-13-3-2-4-23(34)27(36)33-22-15-19(30)8-11-21(22)31/h5-12,14-15,23H,2-4,13,16H2,1H3,(H,32,35)(H,33,36). The SMILES string of the molecule is COc1cc(C(=O)N2CCCCC2C(=O)Nc2cc(Cl)ccc2Cl)ccc1OCC(=O)Nc1ccc(Br)cc1. The fraction of sp³-hybridized carbons (Fsp3) is 0.250. The first-order chi connectivity index (χ1) is 18.7. The van der Waals surface area contributed by atoms with E-state index in [1.54, 1.807) is 53.4 Å². The molecule has 8 nitrogen and oxygen atoms in total. The minimum atomic E-state index is -0.675. The minimum Gasteiger partial charge on any atom is -0.493 e. The number of hydrogen-bond acceptors (Lipinski definition) is 5. The molecule has 0 spiro atoms. The number of nitrogens with zero attached hydrogens (tertiary/aromatic N) is 1. The van der Waals surface area contributed by atoms with Crippen molar-refractivity contribution in [2.75, 3.05) is 30.9 Å². The molecule has 0 bridgehead atoms. The van der Waals surface area contributed by atoms with Gasteiger partial charge in [0.1, 0.15) is 6.04 Å². The summed E-state index contributed by atoms with van der Waals surface area (Å²) >= 11 is 15.6. The van der Waals surface area contributed by atoms with Crippen molar-refractivity contribution in [2.45, 2.75) is 25.3 Å². The summed E-state index contributed by atoms with van der Waals surface area (Å²) in [6.07, 6.45) is 2.10. The van der Waals surface area contributed by atoms with Crippen LogP contribution in [0, 0.1) is 0 Å². The number of anilines is 2. The van der Waals surface area contributed by atoms with Crippen LogP contribution in [0.25, 0.3) is 0 Å². The second-order valence-electron chi connectivity index (χ2n) is 8.83. The van der Waals surface area contributed by atoms with E-state index in [1.807, 2.05) is 12.1 Å². The lowest BCUT2D eigenvalue weighted by atomic mass is 9.99. The molecule has 1 aliphatic heterocycles. The predicted molar refractivity (Wildman–Crippen MR) is 155 cm³/mol. The zero-order valence-electron chi connectivity index (χ0n) is 21.0. The number of carbonyl (C=O) groups excluding carboxylic acids is 3. The number of benzene rings is 3. The Morgan fingerprint density at radius 1 is 0.974 bits per heavy atom. The van der Waals surface area contributed by atoms with E-state index in [0.717, 1.165) is 17.3 Å². The maximum absolute atomic E-state index is 13.5. The van der Waals surface area contributed by atoms with Gasteiger partial charge in [-0.3, -0.25) is 14.4 Å². The van der Waals surface area contributed by atoms with Crippen LogP contribution in [0.15, 0.2) is 65.1 Å². The van der Waals surface area contributed by atoms with E-state index in [1.165, 1.54) is 7.11 Å². The lowest BCUT2D eigenvalue weighted by molar-refractivity contribution is -0.121. The first-order valence-corrected chi connectivity index (χ1v) is 13.7. The van der Waals surface area contributed by atoms with E-state index >= 15 is 0 Å². The molecule has 11 heteroatoms. The minimum absolute atomic E-state index is 0.250. The number of nitrogens with one attached hydrogen (secondary N) is 2. The molecule has 1 fully saturated rings. The highest BCUT2D eigenvalue weighted by Gasteiger charge is 2.33. The van der Waals surface area contributed by atoms with Crippen LogP contribution >= 0.6 is 39.1 Å². The van der Waals surface area contributed by atoms with E-state index in [-0.39, 0.29) is 24.3 Å². The maximum atomic E-state index is 13.5. The molecule has 4 rings (SSSR count). The van der Waals surface area contributed by atoms with Gasteiger partial charge in [-0.2, -0.15) is 0 Å². The summed E-state index contributed by atoms with van der Waals surface area (Å²) in [7, 11) is 1.45. The number of piperidine rings is 1. The first-order valence-electron chi connectivity index (χ1n) is 12.2. The molecule has 3 amide bonds. The fourth-order valence-electron chi connectivity index (χ4n) is 4.22. The normalized spacial score (nSPS) is 14.9. The van der Waals surface area contributed by atoms with Crippen LogP contribution in [-0.2, 0) is 9.59 Å². The summed E-state index contributed by atoms with van der Waals surface area (Å²) in [6.45, 7) is 0.178.